The zero-order chi connectivity index (χ0) is 33.8. The highest BCUT2D eigenvalue weighted by molar-refractivity contribution is 5.66. The van der Waals surface area contributed by atoms with Crippen molar-refractivity contribution in [2.45, 2.75) is 189 Å². The topological polar surface area (TPSA) is 21.8 Å². The molecule has 0 aromatic heterocycles. The van der Waals surface area contributed by atoms with Crippen LogP contribution in [0, 0.1) is 77.9 Å². The fourth-order valence-electron chi connectivity index (χ4n) is 21.3. The Labute approximate surface area is 315 Å². The molecule has 1 aromatic carbocycles. The number of benzene rings is 1. The normalized spacial score (nSPS) is 56.3. The molecule has 0 spiro atoms. The van der Waals surface area contributed by atoms with Crippen molar-refractivity contribution >= 4 is 0 Å². The minimum Gasteiger partial charge on any atom is -0.490 e. The minimum atomic E-state index is 0.334. The molecule has 18 rings (SSSR count). The lowest BCUT2D eigenvalue weighted by Gasteiger charge is -2.64. The van der Waals surface area contributed by atoms with E-state index in [1.165, 1.54) is 77.0 Å². The lowest BCUT2D eigenvalue weighted by atomic mass is 9.40. The molecule has 1 aromatic rings. The zero-order valence-corrected chi connectivity index (χ0v) is 32.7. The molecule has 1 aliphatic heterocycles. The summed E-state index contributed by atoms with van der Waals surface area (Å²) in [7, 11) is 0. The highest BCUT2D eigenvalue weighted by Crippen LogP contribution is 2.73. The lowest BCUT2D eigenvalue weighted by Crippen LogP contribution is -2.55. The Hall–Kier alpha value is -1.02. The van der Waals surface area contributed by atoms with Gasteiger partial charge in [-0.15, -0.1) is 0 Å². The fraction of sp³-hybridized carbons (Fsp3) is 0.880. The molecule has 0 radical (unpaired) electrons. The molecule has 280 valence electrons. The van der Waals surface area contributed by atoms with Gasteiger partial charge in [0.15, 0.2) is 0 Å². The van der Waals surface area contributed by atoms with E-state index in [9.17, 15) is 0 Å². The minimum absolute atomic E-state index is 0.334. The van der Waals surface area contributed by atoms with Gasteiger partial charge in [-0.25, -0.2) is 0 Å². The number of rotatable bonds is 7. The van der Waals surface area contributed by atoms with Crippen LogP contribution in [0.1, 0.15) is 182 Å². The van der Waals surface area contributed by atoms with Crippen LogP contribution in [-0.2, 0) is 26.4 Å². The van der Waals surface area contributed by atoms with Gasteiger partial charge in [-0.2, -0.15) is 0 Å². The van der Waals surface area contributed by atoms with Gasteiger partial charge < -0.3 is 9.47 Å². The van der Waals surface area contributed by atoms with Gasteiger partial charge in [-0.1, -0.05) is 0 Å². The maximum absolute atomic E-state index is 7.91. The average Bonchev–Trinajstić information content (AvgIpc) is 3.89. The Morgan fingerprint density at radius 2 is 0.635 bits per heavy atom. The molecule has 0 N–H and O–H groups in total. The van der Waals surface area contributed by atoms with Gasteiger partial charge in [0.2, 0.25) is 0 Å². The van der Waals surface area contributed by atoms with Gasteiger partial charge in [0.05, 0.1) is 6.61 Å². The first-order chi connectivity index (χ1) is 25.3. The Bertz CT molecular complexity index is 1450. The third kappa shape index (κ3) is 4.24. The first kappa shape index (κ1) is 31.1. The van der Waals surface area contributed by atoms with Crippen molar-refractivity contribution in [1.29, 1.82) is 0 Å². The van der Waals surface area contributed by atoms with Crippen LogP contribution in [0.25, 0.3) is 0 Å². The summed E-state index contributed by atoms with van der Waals surface area (Å²) in [6.45, 7) is 4.58. The van der Waals surface area contributed by atoms with E-state index < -0.39 is 0 Å². The molecule has 2 heteroatoms. The Balaban J connectivity index is 1.09. The molecule has 17 fully saturated rings. The monoisotopic (exact) mass is 701 g/mol. The van der Waals surface area contributed by atoms with Crippen LogP contribution < -0.4 is 4.74 Å². The molecule has 17 aliphatic rings. The first-order valence-corrected chi connectivity index (χ1v) is 23.8. The third-order valence-corrected chi connectivity index (χ3v) is 20.8. The van der Waals surface area contributed by atoms with E-state index in [4.69, 9.17) is 9.47 Å². The van der Waals surface area contributed by atoms with Crippen LogP contribution in [-0.4, -0.2) is 19.3 Å². The van der Waals surface area contributed by atoms with Crippen LogP contribution in [0.5, 0.6) is 5.75 Å². The van der Waals surface area contributed by atoms with E-state index in [-0.39, 0.29) is 0 Å². The molecule has 2 nitrogen and oxygen atoms in total. The summed E-state index contributed by atoms with van der Waals surface area (Å²) in [5.41, 5.74) is 11.4. The van der Waals surface area contributed by atoms with E-state index in [1.54, 1.807) is 82.8 Å². The quantitative estimate of drug-likeness (QED) is 0.264. The Kier molecular flexibility index (Phi) is 6.15. The average molecular weight is 701 g/mol. The van der Waals surface area contributed by atoms with E-state index in [2.05, 4.69) is 6.92 Å². The largest absolute Gasteiger partial charge is 0.490 e. The van der Waals surface area contributed by atoms with Gasteiger partial charge in [0, 0.05) is 22.0 Å². The molecule has 16 bridgehead atoms. The van der Waals surface area contributed by atoms with Gasteiger partial charge >= 0.3 is 0 Å². The maximum atomic E-state index is 7.91. The van der Waals surface area contributed by atoms with Crippen LogP contribution in [0.2, 0.25) is 0 Å². The Morgan fingerprint density at radius 1 is 0.404 bits per heavy atom. The number of ether oxygens (including phenoxy) is 2. The second kappa shape index (κ2) is 10.3. The summed E-state index contributed by atoms with van der Waals surface area (Å²) in [6, 6.07) is 0. The van der Waals surface area contributed by atoms with Crippen molar-refractivity contribution in [3.05, 3.63) is 27.8 Å². The zero-order valence-electron chi connectivity index (χ0n) is 32.7. The third-order valence-electron chi connectivity index (χ3n) is 20.8. The van der Waals surface area contributed by atoms with E-state index in [1.807, 2.05) is 27.8 Å². The van der Waals surface area contributed by atoms with Gasteiger partial charge in [-0.05, 0) is 260 Å². The highest BCUT2D eigenvalue weighted by Gasteiger charge is 2.63. The van der Waals surface area contributed by atoms with Crippen molar-refractivity contribution in [3.8, 4) is 5.75 Å². The summed E-state index contributed by atoms with van der Waals surface area (Å²) in [5.74, 6) is 13.4. The summed E-state index contributed by atoms with van der Waals surface area (Å²) < 4.78 is 14.0. The summed E-state index contributed by atoms with van der Waals surface area (Å²) in [5, 5.41) is 0. The first-order valence-electron chi connectivity index (χ1n) is 23.8. The molecule has 1 heterocycles. The summed E-state index contributed by atoms with van der Waals surface area (Å²) >= 11 is 0. The fourth-order valence-corrected chi connectivity index (χ4v) is 21.3. The van der Waals surface area contributed by atoms with Crippen molar-refractivity contribution < 1.29 is 9.47 Å². The predicted molar refractivity (Wildman–Crippen MR) is 206 cm³/mol. The summed E-state index contributed by atoms with van der Waals surface area (Å²) in [6.07, 6.45) is 37.0. The van der Waals surface area contributed by atoms with Gasteiger partial charge in [0.25, 0.3) is 0 Å². The van der Waals surface area contributed by atoms with Gasteiger partial charge in [0.1, 0.15) is 18.5 Å². The van der Waals surface area contributed by atoms with E-state index in [0.717, 1.165) is 84.2 Å². The summed E-state index contributed by atoms with van der Waals surface area (Å²) in [4.78, 5) is 0. The standard InChI is InChI=1S/C50H68O2/c1-28-42(47-14-29-2-30(15-47)4-31(3-29)16-47)44(49-20-35-8-36(21-49)10-37(9-35)22-49)46(52-27-41-26-51-41)45(50-23-38-11-39(24-50)13-40(12-38)25-50)43(28)48-17-32-5-33(18-48)7-34(6-32)19-48/h29-41H,2-27H2,1H3. The van der Waals surface area contributed by atoms with Crippen molar-refractivity contribution in [2.75, 3.05) is 13.2 Å². The van der Waals surface area contributed by atoms with Crippen molar-refractivity contribution in [2.24, 2.45) is 71.0 Å². The molecule has 1 unspecified atom stereocenters. The Morgan fingerprint density at radius 3 is 0.865 bits per heavy atom. The van der Waals surface area contributed by atoms with Crippen LogP contribution in [0.3, 0.4) is 0 Å². The number of epoxide rings is 1. The van der Waals surface area contributed by atoms with E-state index >= 15 is 0 Å². The molecule has 1 saturated heterocycles. The molecule has 16 saturated carbocycles. The molecule has 0 amide bonds. The van der Waals surface area contributed by atoms with Crippen LogP contribution in [0.4, 0.5) is 0 Å². The smallest absolute Gasteiger partial charge is 0.127 e. The molecular weight excluding hydrogens is 633 g/mol. The molecule has 52 heavy (non-hydrogen) atoms. The SMILES string of the molecule is Cc1c(C23CC4CC(CC(C4)C2)C3)c(C23CC4CC(CC(C4)C2)C3)c(OCC2CO2)c(C23CC4CC(CC(C4)C2)C3)c1C12CC3CC(CC(C3)C1)C2. The lowest BCUT2D eigenvalue weighted by molar-refractivity contribution is -0.0249. The number of hydrogen-bond acceptors (Lipinski definition) is 2. The van der Waals surface area contributed by atoms with E-state index in [0.29, 0.717) is 27.8 Å². The van der Waals surface area contributed by atoms with Crippen molar-refractivity contribution in [3.63, 3.8) is 0 Å². The highest BCUT2D eigenvalue weighted by atomic mass is 16.6. The van der Waals surface area contributed by atoms with Crippen LogP contribution >= 0.6 is 0 Å². The second-order valence-electron chi connectivity index (χ2n) is 24.5. The van der Waals surface area contributed by atoms with Crippen molar-refractivity contribution in [1.82, 2.24) is 0 Å². The molecule has 1 atom stereocenters. The van der Waals surface area contributed by atoms with Gasteiger partial charge in [-0.3, -0.25) is 0 Å². The predicted octanol–water partition coefficient (Wildman–Crippen LogP) is 11.6. The molecular formula is C50H68O2. The second-order valence-corrected chi connectivity index (χ2v) is 24.5. The maximum Gasteiger partial charge on any atom is 0.127 e. The number of hydrogen-bond donors (Lipinski definition) is 0. The van der Waals surface area contributed by atoms with Crippen LogP contribution in [0.15, 0.2) is 0 Å². The molecule has 16 aliphatic carbocycles.